The van der Waals surface area contributed by atoms with E-state index in [2.05, 4.69) is 44.1 Å². The zero-order valence-electron chi connectivity index (χ0n) is 11.7. The molecule has 0 aliphatic heterocycles. The van der Waals surface area contributed by atoms with Crippen LogP contribution >= 0.6 is 31.9 Å². The van der Waals surface area contributed by atoms with E-state index in [1.807, 2.05) is 10.8 Å². The van der Waals surface area contributed by atoms with Crippen LogP contribution in [0.4, 0.5) is 10.1 Å². The SMILES string of the molecule is CCCn1cc(Br)cc1C(=O)Nc1cc(Br)c(F)cc1C. The number of aromatic nitrogens is 1. The minimum absolute atomic E-state index is 0.212. The molecule has 0 aliphatic rings. The molecule has 1 aromatic heterocycles. The number of amides is 1. The zero-order chi connectivity index (χ0) is 15.6. The Morgan fingerprint density at radius 1 is 1.33 bits per heavy atom. The molecule has 2 aromatic rings. The summed E-state index contributed by atoms with van der Waals surface area (Å²) in [7, 11) is 0. The Morgan fingerprint density at radius 3 is 2.71 bits per heavy atom. The molecule has 0 saturated carbocycles. The molecule has 1 aromatic carbocycles. The number of anilines is 1. The molecule has 0 spiro atoms. The number of nitrogens with zero attached hydrogens (tertiary/aromatic N) is 1. The van der Waals surface area contributed by atoms with Crippen LogP contribution in [0.5, 0.6) is 0 Å². The van der Waals surface area contributed by atoms with E-state index in [0.717, 1.165) is 17.4 Å². The largest absolute Gasteiger partial charge is 0.342 e. The van der Waals surface area contributed by atoms with Crippen LogP contribution in [0.3, 0.4) is 0 Å². The predicted octanol–water partition coefficient (Wildman–Crippen LogP) is 5.12. The van der Waals surface area contributed by atoms with Gasteiger partial charge < -0.3 is 9.88 Å². The molecule has 0 radical (unpaired) electrons. The number of hydrogen-bond acceptors (Lipinski definition) is 1. The van der Waals surface area contributed by atoms with Gasteiger partial charge in [0.1, 0.15) is 11.5 Å². The maximum Gasteiger partial charge on any atom is 0.272 e. The van der Waals surface area contributed by atoms with Crippen LogP contribution in [0.2, 0.25) is 0 Å². The maximum atomic E-state index is 13.4. The minimum Gasteiger partial charge on any atom is -0.342 e. The topological polar surface area (TPSA) is 34.0 Å². The van der Waals surface area contributed by atoms with Gasteiger partial charge in [0.2, 0.25) is 0 Å². The minimum atomic E-state index is -0.345. The average molecular weight is 418 g/mol. The molecule has 6 heteroatoms. The second-order valence-electron chi connectivity index (χ2n) is 4.77. The van der Waals surface area contributed by atoms with E-state index < -0.39 is 0 Å². The molecule has 0 unspecified atom stereocenters. The van der Waals surface area contributed by atoms with Gasteiger partial charge >= 0.3 is 0 Å². The summed E-state index contributed by atoms with van der Waals surface area (Å²) in [6, 6.07) is 4.74. The van der Waals surface area contributed by atoms with Gasteiger partial charge in [0.15, 0.2) is 0 Å². The Balaban J connectivity index is 2.28. The van der Waals surface area contributed by atoms with Gasteiger partial charge in [-0.1, -0.05) is 6.92 Å². The zero-order valence-corrected chi connectivity index (χ0v) is 14.9. The van der Waals surface area contributed by atoms with Crippen molar-refractivity contribution in [1.82, 2.24) is 4.57 Å². The van der Waals surface area contributed by atoms with E-state index in [4.69, 9.17) is 0 Å². The van der Waals surface area contributed by atoms with E-state index in [0.29, 0.717) is 21.4 Å². The highest BCUT2D eigenvalue weighted by atomic mass is 79.9. The lowest BCUT2D eigenvalue weighted by atomic mass is 10.2. The van der Waals surface area contributed by atoms with Crippen molar-refractivity contribution < 1.29 is 9.18 Å². The lowest BCUT2D eigenvalue weighted by molar-refractivity contribution is 0.101. The lowest BCUT2D eigenvalue weighted by Crippen LogP contribution is -2.17. The summed E-state index contributed by atoms with van der Waals surface area (Å²) in [5, 5.41) is 2.83. The van der Waals surface area contributed by atoms with Crippen LogP contribution in [0.25, 0.3) is 0 Å². The fraction of sp³-hybridized carbons (Fsp3) is 0.267. The molecule has 2 rings (SSSR count). The van der Waals surface area contributed by atoms with Crippen molar-refractivity contribution >= 4 is 43.5 Å². The molecule has 3 nitrogen and oxygen atoms in total. The fourth-order valence-electron chi connectivity index (χ4n) is 2.06. The van der Waals surface area contributed by atoms with Crippen molar-refractivity contribution in [2.45, 2.75) is 26.8 Å². The molecule has 0 fully saturated rings. The first-order valence-corrected chi connectivity index (χ1v) is 8.13. The molecular weight excluding hydrogens is 403 g/mol. The third-order valence-corrected chi connectivity index (χ3v) is 4.12. The molecule has 0 aliphatic carbocycles. The summed E-state index contributed by atoms with van der Waals surface area (Å²) < 4.78 is 16.5. The Bertz CT molecular complexity index is 683. The fourth-order valence-corrected chi connectivity index (χ4v) is 2.87. The van der Waals surface area contributed by atoms with Gasteiger partial charge in [-0.05, 0) is 69.0 Å². The van der Waals surface area contributed by atoms with Crippen LogP contribution in [0, 0.1) is 12.7 Å². The summed E-state index contributed by atoms with van der Waals surface area (Å²) in [5.41, 5.74) is 1.84. The molecule has 112 valence electrons. The number of hydrogen-bond donors (Lipinski definition) is 1. The number of carbonyl (C=O) groups excluding carboxylic acids is 1. The smallest absolute Gasteiger partial charge is 0.272 e. The highest BCUT2D eigenvalue weighted by Gasteiger charge is 2.15. The second kappa shape index (κ2) is 6.75. The molecule has 21 heavy (non-hydrogen) atoms. The average Bonchev–Trinajstić information content (AvgIpc) is 2.77. The van der Waals surface area contributed by atoms with Crippen molar-refractivity contribution in [3.05, 3.63) is 50.4 Å². The summed E-state index contributed by atoms with van der Waals surface area (Å²) in [4.78, 5) is 12.4. The number of rotatable bonds is 4. The second-order valence-corrected chi connectivity index (χ2v) is 6.54. The van der Waals surface area contributed by atoms with Gasteiger partial charge in [0, 0.05) is 22.9 Å². The van der Waals surface area contributed by atoms with Crippen molar-refractivity contribution in [1.29, 1.82) is 0 Å². The van der Waals surface area contributed by atoms with Crippen molar-refractivity contribution in [2.75, 3.05) is 5.32 Å². The van der Waals surface area contributed by atoms with Gasteiger partial charge in [-0.25, -0.2) is 4.39 Å². The highest BCUT2D eigenvalue weighted by Crippen LogP contribution is 2.25. The first-order valence-electron chi connectivity index (χ1n) is 6.55. The number of halogens is 3. The van der Waals surface area contributed by atoms with E-state index in [-0.39, 0.29) is 11.7 Å². The van der Waals surface area contributed by atoms with Crippen LogP contribution in [-0.4, -0.2) is 10.5 Å². The summed E-state index contributed by atoms with van der Waals surface area (Å²) in [6.07, 6.45) is 2.81. The highest BCUT2D eigenvalue weighted by molar-refractivity contribution is 9.10. The van der Waals surface area contributed by atoms with Crippen molar-refractivity contribution in [3.63, 3.8) is 0 Å². The Kier molecular flexibility index (Phi) is 5.22. The predicted molar refractivity (Wildman–Crippen MR) is 89.2 cm³/mol. The van der Waals surface area contributed by atoms with Crippen LogP contribution in [-0.2, 0) is 6.54 Å². The molecular formula is C15H15Br2FN2O. The third-order valence-electron chi connectivity index (χ3n) is 3.08. The normalized spacial score (nSPS) is 10.7. The van der Waals surface area contributed by atoms with E-state index in [9.17, 15) is 9.18 Å². The molecule has 0 saturated heterocycles. The Labute approximate surface area is 139 Å². The number of nitrogens with one attached hydrogen (secondary N) is 1. The van der Waals surface area contributed by atoms with E-state index in [1.165, 1.54) is 6.07 Å². The van der Waals surface area contributed by atoms with Gasteiger partial charge in [0.05, 0.1) is 4.47 Å². The van der Waals surface area contributed by atoms with Crippen molar-refractivity contribution in [2.24, 2.45) is 0 Å². The van der Waals surface area contributed by atoms with Gasteiger partial charge in [-0.15, -0.1) is 0 Å². The Hall–Kier alpha value is -1.14. The van der Waals surface area contributed by atoms with Crippen LogP contribution in [0.1, 0.15) is 29.4 Å². The van der Waals surface area contributed by atoms with Crippen LogP contribution < -0.4 is 5.32 Å². The molecule has 1 heterocycles. The summed E-state index contributed by atoms with van der Waals surface area (Å²) in [6.45, 7) is 4.57. The standard InChI is InChI=1S/C15H15Br2FN2O/c1-3-4-20-8-10(16)6-14(20)15(21)19-13-7-11(17)12(18)5-9(13)2/h5-8H,3-4H2,1-2H3,(H,19,21). The first kappa shape index (κ1) is 16.2. The van der Waals surface area contributed by atoms with Gasteiger partial charge in [-0.2, -0.15) is 0 Å². The summed E-state index contributed by atoms with van der Waals surface area (Å²) in [5.74, 6) is -0.557. The van der Waals surface area contributed by atoms with E-state index in [1.54, 1.807) is 19.1 Å². The molecule has 0 atom stereocenters. The molecule has 0 bridgehead atoms. The van der Waals surface area contributed by atoms with Crippen LogP contribution in [0.15, 0.2) is 33.3 Å². The molecule has 1 amide bonds. The number of aryl methyl sites for hydroxylation is 2. The number of carbonyl (C=O) groups is 1. The Morgan fingerprint density at radius 2 is 2.05 bits per heavy atom. The number of benzene rings is 1. The van der Waals surface area contributed by atoms with E-state index >= 15 is 0 Å². The monoisotopic (exact) mass is 416 g/mol. The third kappa shape index (κ3) is 3.74. The quantitative estimate of drug-likeness (QED) is 0.735. The summed E-state index contributed by atoms with van der Waals surface area (Å²) >= 11 is 6.52. The maximum absolute atomic E-state index is 13.4. The first-order chi connectivity index (χ1) is 9.92. The van der Waals surface area contributed by atoms with Gasteiger partial charge in [0.25, 0.3) is 5.91 Å². The van der Waals surface area contributed by atoms with Crippen molar-refractivity contribution in [3.8, 4) is 0 Å². The lowest BCUT2D eigenvalue weighted by Gasteiger charge is -2.11. The molecule has 1 N–H and O–H groups in total. The van der Waals surface area contributed by atoms with Gasteiger partial charge in [-0.3, -0.25) is 4.79 Å².